The van der Waals surface area contributed by atoms with Gasteiger partial charge >= 0.3 is 6.09 Å². The van der Waals surface area contributed by atoms with Crippen molar-refractivity contribution in [2.24, 2.45) is 0 Å². The smallest absolute Gasteiger partial charge is 0.407 e. The van der Waals surface area contributed by atoms with Gasteiger partial charge in [-0.2, -0.15) is 4.20 Å². The van der Waals surface area contributed by atoms with Crippen LogP contribution in [0.25, 0.3) is 0 Å². The van der Waals surface area contributed by atoms with E-state index in [4.69, 9.17) is 104 Å². The highest BCUT2D eigenvalue weighted by atomic mass is 31.2. The van der Waals surface area contributed by atoms with Crippen molar-refractivity contribution < 1.29 is 123 Å². The van der Waals surface area contributed by atoms with Crippen LogP contribution in [-0.4, -0.2) is 248 Å². The average molecular weight is 1600 g/mol. The molecule has 0 aliphatic heterocycles. The van der Waals surface area contributed by atoms with E-state index in [9.17, 15) is 23.7 Å². The molecule has 0 aliphatic carbocycles. The number of carbonyl (C=O) groups is 1. The molecule has 4 rings (SSSR count). The van der Waals surface area contributed by atoms with Crippen molar-refractivity contribution >= 4 is 19.2 Å². The zero-order valence-electron chi connectivity index (χ0n) is 66.9. The Morgan fingerprint density at radius 1 is 0.360 bits per heavy atom. The lowest BCUT2D eigenvalue weighted by molar-refractivity contribution is -0.385. The number of unbranched alkanes of at least 4 members (excludes halogenated alkanes) is 9. The van der Waals surface area contributed by atoms with Gasteiger partial charge in [-0.25, -0.2) is 4.79 Å². The summed E-state index contributed by atoms with van der Waals surface area (Å²) < 4.78 is 150. The van der Waals surface area contributed by atoms with Gasteiger partial charge < -0.3 is 110 Å². The molecule has 0 saturated heterocycles. The van der Waals surface area contributed by atoms with Crippen LogP contribution in [0.3, 0.4) is 0 Å². The quantitative estimate of drug-likeness (QED) is 0.0186. The van der Waals surface area contributed by atoms with Gasteiger partial charge in [-0.3, -0.25) is 14.7 Å². The van der Waals surface area contributed by atoms with E-state index in [2.05, 4.69) is 32.2 Å². The number of carbonyl (C=O) groups excluding carboxylic acids is 1. The van der Waals surface area contributed by atoms with Crippen LogP contribution in [0, 0.1) is 17.0 Å². The third-order valence-electron chi connectivity index (χ3n) is 16.0. The third kappa shape index (κ3) is 55.1. The first-order valence-electron chi connectivity index (χ1n) is 39.6. The number of nitro groups is 1. The summed E-state index contributed by atoms with van der Waals surface area (Å²) in [6.07, 6.45) is 12.4. The van der Waals surface area contributed by atoms with Crippen molar-refractivity contribution in [3.05, 3.63) is 111 Å². The van der Waals surface area contributed by atoms with E-state index in [0.29, 0.717) is 221 Å². The number of benzene rings is 4. The van der Waals surface area contributed by atoms with Gasteiger partial charge in [0.15, 0.2) is 0 Å². The molecule has 0 fully saturated rings. The molecule has 0 radical (unpaired) electrons. The fraction of sp³-hybridized carbons (Fsp3) is 0.691. The van der Waals surface area contributed by atoms with Gasteiger partial charge in [-0.1, -0.05) is 84.6 Å². The van der Waals surface area contributed by atoms with E-state index in [1.165, 1.54) is 24.6 Å². The topological polar surface area (TPSA) is 292 Å². The van der Waals surface area contributed by atoms with Crippen LogP contribution < -0.4 is 33.7 Å². The molecule has 1 amide bonds. The van der Waals surface area contributed by atoms with Crippen molar-refractivity contribution in [3.63, 3.8) is 0 Å². The molecule has 0 bridgehead atoms. The third-order valence-corrected chi connectivity index (χ3v) is 17.0. The maximum Gasteiger partial charge on any atom is 0.407 e. The van der Waals surface area contributed by atoms with Gasteiger partial charge in [-0.15, -0.1) is 0 Å². The molecule has 4 aromatic carbocycles. The molecule has 28 nitrogen and oxygen atoms in total. The molecule has 0 aromatic heterocycles. The summed E-state index contributed by atoms with van der Waals surface area (Å²) in [7, 11) is -3.53. The minimum Gasteiger partial charge on any atom is -0.494 e. The fourth-order valence-corrected chi connectivity index (χ4v) is 10.6. The Hall–Kier alpha value is -6.09. The second-order valence-electron chi connectivity index (χ2n) is 25.8. The van der Waals surface area contributed by atoms with Gasteiger partial charge in [0.1, 0.15) is 60.9 Å². The zero-order valence-corrected chi connectivity index (χ0v) is 67.8. The van der Waals surface area contributed by atoms with E-state index in [1.54, 1.807) is 0 Å². The summed E-state index contributed by atoms with van der Waals surface area (Å²) in [6, 6.07) is 21.9. The molecule has 1 unspecified atom stereocenters. The van der Waals surface area contributed by atoms with E-state index < -0.39 is 18.5 Å². The van der Waals surface area contributed by atoms with Crippen LogP contribution in [0.2, 0.25) is 0 Å². The van der Waals surface area contributed by atoms with Crippen LogP contribution in [0.5, 0.6) is 34.5 Å². The SMILES string of the molecule is CCCCCCOc1cc(C)cc(COc2cc(COc3ccc([N+](=O)[O-])c(COC(=O)NCCOCCOCCOCCOCCOCCOCCOCCOCCOCCOCCOCCOCCOCCOCCOCCP(C)(=O)F)c3)cc(OCc3cc(OCCCCCC)cc(OCCCCCC)c3)c2)c1. The molecule has 0 aliphatic rings. The fourth-order valence-electron chi connectivity index (χ4n) is 10.2. The van der Waals surface area contributed by atoms with E-state index in [-0.39, 0.29) is 70.2 Å². The molecule has 111 heavy (non-hydrogen) atoms. The normalized spacial score (nSPS) is 11.9. The van der Waals surface area contributed by atoms with Crippen molar-refractivity contribution in [1.29, 1.82) is 0 Å². The highest BCUT2D eigenvalue weighted by Gasteiger charge is 2.19. The first kappa shape index (κ1) is 97.3. The lowest BCUT2D eigenvalue weighted by Crippen LogP contribution is -2.28. The minimum atomic E-state index is -3.53. The van der Waals surface area contributed by atoms with Gasteiger partial charge in [0.05, 0.1) is 235 Å². The van der Waals surface area contributed by atoms with Crippen LogP contribution in [0.15, 0.2) is 72.8 Å². The maximum absolute atomic E-state index is 12.9. The Kier molecular flexibility index (Phi) is 58.9. The molecule has 0 spiro atoms. The first-order valence-corrected chi connectivity index (χ1v) is 41.8. The number of hydrogen-bond acceptors (Lipinski definition) is 26. The number of rotatable bonds is 78. The summed E-state index contributed by atoms with van der Waals surface area (Å²) in [5.41, 5.74) is 3.51. The van der Waals surface area contributed by atoms with Gasteiger partial charge in [0.25, 0.3) is 5.69 Å². The number of nitrogens with one attached hydrogen (secondary N) is 1. The van der Waals surface area contributed by atoms with E-state index in [0.717, 1.165) is 111 Å². The average Bonchev–Trinajstić information content (AvgIpc) is 0.843. The molecule has 0 saturated carbocycles. The zero-order chi connectivity index (χ0) is 79.4. The standard InChI is InChI=1S/C81H130FN2O26P/c1-6-9-12-15-21-104-75-56-69(4)55-70(57-75)65-108-78-60-72(61-79(64-78)109-67-71-58-76(105-22-16-13-10-7-2)63-77(59-71)106-23-17-14-11-8-3)66-107-74-18-19-80(84(86)87)73(62-74)68-110-81(85)83-20-24-89-25-26-90-27-28-91-29-30-92-31-32-93-33-34-94-35-36-95-37-38-96-39-40-97-41-42-98-43-44-99-45-46-100-47-48-101-49-50-102-51-52-103-53-54-111(5,82)88/h18-19,55-64H,6-17,20-54,65-68H2,1-5H3,(H,83,85). The molecule has 632 valence electrons. The Labute approximate surface area is 658 Å². The molecular formula is C81H130FN2O26P. The first-order chi connectivity index (χ1) is 54.3. The summed E-state index contributed by atoms with van der Waals surface area (Å²) in [5.74, 6) is 3.66. The molecule has 4 aromatic rings. The Morgan fingerprint density at radius 3 is 0.982 bits per heavy atom. The monoisotopic (exact) mass is 1600 g/mol. The van der Waals surface area contributed by atoms with Crippen molar-refractivity contribution in [3.8, 4) is 34.5 Å². The van der Waals surface area contributed by atoms with Crippen LogP contribution in [0.4, 0.5) is 14.7 Å². The van der Waals surface area contributed by atoms with Crippen LogP contribution >= 0.6 is 7.45 Å². The van der Waals surface area contributed by atoms with Crippen LogP contribution in [-0.2, 0) is 107 Å². The Balaban J connectivity index is 0.996. The Bertz CT molecular complexity index is 2960. The molecule has 30 heteroatoms. The molecular weight excluding hydrogens is 1470 g/mol. The van der Waals surface area contributed by atoms with E-state index >= 15 is 0 Å². The molecule has 0 heterocycles. The maximum atomic E-state index is 12.9. The summed E-state index contributed by atoms with van der Waals surface area (Å²) in [5, 5.41) is 14.8. The summed E-state index contributed by atoms with van der Waals surface area (Å²) >= 11 is 0. The van der Waals surface area contributed by atoms with Crippen molar-refractivity contribution in [2.75, 3.05) is 237 Å². The summed E-state index contributed by atoms with van der Waals surface area (Å²) in [6.45, 7) is 23.9. The highest BCUT2D eigenvalue weighted by molar-refractivity contribution is 7.57. The van der Waals surface area contributed by atoms with E-state index in [1.807, 2.05) is 55.5 Å². The summed E-state index contributed by atoms with van der Waals surface area (Å²) in [4.78, 5) is 24.3. The number of aryl methyl sites for hydroxylation is 1. The number of alkyl carbamates (subject to hydrolysis) is 1. The number of halogens is 1. The molecule has 1 N–H and O–H groups in total. The predicted molar refractivity (Wildman–Crippen MR) is 419 cm³/mol. The largest absolute Gasteiger partial charge is 0.494 e. The number of nitro benzene ring substituents is 1. The van der Waals surface area contributed by atoms with Crippen LogP contribution in [0.1, 0.15) is 126 Å². The second kappa shape index (κ2) is 67.3. The van der Waals surface area contributed by atoms with Crippen molar-refractivity contribution in [1.82, 2.24) is 5.32 Å². The highest BCUT2D eigenvalue weighted by Crippen LogP contribution is 2.42. The number of hydrogen-bond donors (Lipinski definition) is 1. The van der Waals surface area contributed by atoms with Gasteiger partial charge in [0.2, 0.25) is 7.45 Å². The van der Waals surface area contributed by atoms with Gasteiger partial charge in [0, 0.05) is 31.4 Å². The number of nitrogens with zero attached hydrogens (tertiary/aromatic N) is 1. The lowest BCUT2D eigenvalue weighted by atomic mass is 10.1. The number of amides is 1. The van der Waals surface area contributed by atoms with Crippen molar-refractivity contribution in [2.45, 2.75) is 131 Å². The minimum absolute atomic E-state index is 0.0466. The Morgan fingerprint density at radius 2 is 0.658 bits per heavy atom. The molecule has 1 atom stereocenters. The van der Waals surface area contributed by atoms with Gasteiger partial charge in [-0.05, 0) is 97.0 Å². The lowest BCUT2D eigenvalue weighted by Gasteiger charge is -2.16. The second-order valence-corrected chi connectivity index (χ2v) is 28.2. The number of ether oxygens (including phenoxy) is 22. The predicted octanol–water partition coefficient (Wildman–Crippen LogP) is 13.9.